The number of fused-ring (bicyclic) bond motifs is 5. The van der Waals surface area contributed by atoms with Gasteiger partial charge in [0.05, 0.1) is 0 Å². The van der Waals surface area contributed by atoms with Gasteiger partial charge in [-0.2, -0.15) is 0 Å². The molecule has 1 N–H and O–H groups in total. The fourth-order valence-electron chi connectivity index (χ4n) is 4.72. The summed E-state index contributed by atoms with van der Waals surface area (Å²) < 4.78 is 0. The van der Waals surface area contributed by atoms with Crippen LogP contribution in [0.3, 0.4) is 0 Å². The maximum Gasteiger partial charge on any atom is 0.228 e. The number of benzene rings is 1. The van der Waals surface area contributed by atoms with Gasteiger partial charge in [0.25, 0.3) is 0 Å². The molecule has 3 saturated carbocycles. The fraction of sp³-hybridized carbons (Fsp3) is 0.588. The third-order valence-corrected chi connectivity index (χ3v) is 5.67. The van der Waals surface area contributed by atoms with E-state index in [-0.39, 0.29) is 5.91 Å². The van der Waals surface area contributed by atoms with Gasteiger partial charge in [-0.3, -0.25) is 4.79 Å². The van der Waals surface area contributed by atoms with Crippen LogP contribution < -0.4 is 5.32 Å². The molecule has 0 saturated heterocycles. The highest BCUT2D eigenvalue weighted by atomic mass is 16.2. The Morgan fingerprint density at radius 1 is 1.16 bits per heavy atom. The van der Waals surface area contributed by atoms with Crippen LogP contribution in [0.25, 0.3) is 0 Å². The highest BCUT2D eigenvalue weighted by molar-refractivity contribution is 5.95. The average Bonchev–Trinajstić information content (AvgIpc) is 2.89. The highest BCUT2D eigenvalue weighted by Crippen LogP contribution is 2.69. The lowest BCUT2D eigenvalue weighted by Crippen LogP contribution is -2.18. The third-order valence-electron chi connectivity index (χ3n) is 5.67. The molecule has 1 unspecified atom stereocenters. The Labute approximate surface area is 114 Å². The molecule has 19 heavy (non-hydrogen) atoms. The number of carbonyl (C=O) groups excluding carboxylic acids is 1. The van der Waals surface area contributed by atoms with E-state index in [0.717, 1.165) is 35.8 Å². The molecule has 2 bridgehead atoms. The van der Waals surface area contributed by atoms with E-state index < -0.39 is 0 Å². The second-order valence-corrected chi connectivity index (χ2v) is 6.55. The Balaban J connectivity index is 1.42. The second-order valence-electron chi connectivity index (χ2n) is 6.55. The zero-order valence-electron chi connectivity index (χ0n) is 11.4. The zero-order chi connectivity index (χ0) is 13.0. The van der Waals surface area contributed by atoms with Crippen molar-refractivity contribution < 1.29 is 4.79 Å². The number of carbonyl (C=O) groups is 1. The Morgan fingerprint density at radius 3 is 2.37 bits per heavy atom. The zero-order valence-corrected chi connectivity index (χ0v) is 11.4. The van der Waals surface area contributed by atoms with Crippen LogP contribution in [0.15, 0.2) is 24.3 Å². The lowest BCUT2D eigenvalue weighted by molar-refractivity contribution is -0.118. The standard InChI is InChI=1S/C17H21NO/c1-2-10-3-7-13(8-4-10)18-17(19)16-14-11-5-6-12(9-11)15(14)16/h3-4,7-8,11-12,14-16H,2,5-6,9H2,1H3,(H,18,19)/t11-,12-,14-,15+,16?/m1/s1. The minimum atomic E-state index is 0.274. The summed E-state index contributed by atoms with van der Waals surface area (Å²) in [7, 11) is 0. The molecule has 5 atom stereocenters. The van der Waals surface area contributed by atoms with Crippen LogP contribution in [0.4, 0.5) is 5.69 Å². The highest BCUT2D eigenvalue weighted by Gasteiger charge is 2.67. The van der Waals surface area contributed by atoms with E-state index >= 15 is 0 Å². The van der Waals surface area contributed by atoms with Crippen molar-refractivity contribution in [2.75, 3.05) is 5.32 Å². The normalized spacial score (nSPS) is 38.1. The lowest BCUT2D eigenvalue weighted by Gasteiger charge is -2.10. The third kappa shape index (κ3) is 1.73. The van der Waals surface area contributed by atoms with Crippen LogP contribution >= 0.6 is 0 Å². The quantitative estimate of drug-likeness (QED) is 0.880. The summed E-state index contributed by atoms with van der Waals surface area (Å²) in [5.74, 6) is 3.80. The molecular weight excluding hydrogens is 234 g/mol. The molecule has 1 amide bonds. The van der Waals surface area contributed by atoms with Gasteiger partial charge in [-0.25, -0.2) is 0 Å². The summed E-state index contributed by atoms with van der Waals surface area (Å²) in [4.78, 5) is 12.4. The maximum atomic E-state index is 12.4. The van der Waals surface area contributed by atoms with Crippen molar-refractivity contribution in [1.82, 2.24) is 0 Å². The molecule has 0 heterocycles. The molecular formula is C17H21NO. The molecule has 0 radical (unpaired) electrons. The summed E-state index contributed by atoms with van der Waals surface area (Å²) in [5, 5.41) is 3.11. The van der Waals surface area contributed by atoms with E-state index in [1.165, 1.54) is 24.8 Å². The molecule has 0 aliphatic heterocycles. The molecule has 3 aliphatic rings. The maximum absolute atomic E-state index is 12.4. The molecule has 1 aromatic rings. The predicted molar refractivity (Wildman–Crippen MR) is 75.8 cm³/mol. The summed E-state index contributed by atoms with van der Waals surface area (Å²) in [6.07, 6.45) is 5.20. The van der Waals surface area contributed by atoms with Crippen LogP contribution in [0.1, 0.15) is 31.7 Å². The molecule has 100 valence electrons. The number of rotatable bonds is 3. The molecule has 4 rings (SSSR count). The molecule has 3 fully saturated rings. The van der Waals surface area contributed by atoms with E-state index in [0.29, 0.717) is 5.92 Å². The average molecular weight is 255 g/mol. The smallest absolute Gasteiger partial charge is 0.228 e. The minimum absolute atomic E-state index is 0.274. The number of anilines is 1. The largest absolute Gasteiger partial charge is 0.326 e. The van der Waals surface area contributed by atoms with Crippen LogP contribution in [0.2, 0.25) is 0 Å². The number of amides is 1. The summed E-state index contributed by atoms with van der Waals surface area (Å²) in [6.45, 7) is 2.15. The minimum Gasteiger partial charge on any atom is -0.326 e. The van der Waals surface area contributed by atoms with Crippen LogP contribution in [0.5, 0.6) is 0 Å². The first-order valence-corrected chi connectivity index (χ1v) is 7.67. The SMILES string of the molecule is CCc1ccc(NC(=O)C2[C@@H]3[C@@H]4CC[C@H](C4)[C@H]23)cc1. The van der Waals surface area contributed by atoms with E-state index in [2.05, 4.69) is 24.4 Å². The Bertz CT molecular complexity index is 490. The molecule has 3 aliphatic carbocycles. The Kier molecular flexibility index (Phi) is 2.48. The van der Waals surface area contributed by atoms with Crippen molar-refractivity contribution in [3.63, 3.8) is 0 Å². The van der Waals surface area contributed by atoms with E-state index in [1.54, 1.807) is 0 Å². The van der Waals surface area contributed by atoms with Gasteiger partial charge < -0.3 is 5.32 Å². The van der Waals surface area contributed by atoms with Gasteiger partial charge >= 0.3 is 0 Å². The number of aryl methyl sites for hydroxylation is 1. The summed E-state index contributed by atoms with van der Waals surface area (Å²) in [5.41, 5.74) is 2.28. The van der Waals surface area contributed by atoms with E-state index in [4.69, 9.17) is 0 Å². The van der Waals surface area contributed by atoms with Crippen molar-refractivity contribution >= 4 is 11.6 Å². The first-order valence-electron chi connectivity index (χ1n) is 7.67. The topological polar surface area (TPSA) is 29.1 Å². The van der Waals surface area contributed by atoms with Crippen LogP contribution in [-0.2, 0) is 11.2 Å². The van der Waals surface area contributed by atoms with Crippen molar-refractivity contribution in [3.05, 3.63) is 29.8 Å². The lowest BCUT2D eigenvalue weighted by atomic mass is 10.0. The van der Waals surface area contributed by atoms with Crippen molar-refractivity contribution in [3.8, 4) is 0 Å². The predicted octanol–water partition coefficient (Wildman–Crippen LogP) is 3.48. The van der Waals surface area contributed by atoms with Gasteiger partial charge in [0.15, 0.2) is 0 Å². The molecule has 2 heteroatoms. The fourth-order valence-corrected chi connectivity index (χ4v) is 4.72. The first-order chi connectivity index (χ1) is 9.28. The van der Waals surface area contributed by atoms with Crippen LogP contribution in [-0.4, -0.2) is 5.91 Å². The van der Waals surface area contributed by atoms with Gasteiger partial charge in [0.1, 0.15) is 0 Å². The number of hydrogen-bond acceptors (Lipinski definition) is 1. The van der Waals surface area contributed by atoms with Gasteiger partial charge in [-0.05, 0) is 67.1 Å². The number of nitrogens with one attached hydrogen (secondary N) is 1. The first kappa shape index (κ1) is 11.5. The molecule has 0 spiro atoms. The van der Waals surface area contributed by atoms with Crippen molar-refractivity contribution in [2.45, 2.75) is 32.6 Å². The van der Waals surface area contributed by atoms with Crippen molar-refractivity contribution in [1.29, 1.82) is 0 Å². The van der Waals surface area contributed by atoms with Gasteiger partial charge in [0.2, 0.25) is 5.91 Å². The molecule has 0 aromatic heterocycles. The molecule has 2 nitrogen and oxygen atoms in total. The second kappa shape index (κ2) is 4.09. The van der Waals surface area contributed by atoms with E-state index in [1.807, 2.05) is 12.1 Å². The summed E-state index contributed by atoms with van der Waals surface area (Å²) in [6, 6.07) is 8.27. The van der Waals surface area contributed by atoms with Gasteiger partial charge in [-0.15, -0.1) is 0 Å². The van der Waals surface area contributed by atoms with Crippen LogP contribution in [0, 0.1) is 29.6 Å². The van der Waals surface area contributed by atoms with Gasteiger partial charge in [0, 0.05) is 11.6 Å². The Hall–Kier alpha value is -1.31. The van der Waals surface area contributed by atoms with Gasteiger partial charge in [-0.1, -0.05) is 19.1 Å². The monoisotopic (exact) mass is 255 g/mol. The molecule has 1 aromatic carbocycles. The Morgan fingerprint density at radius 2 is 1.79 bits per heavy atom. The number of hydrogen-bond donors (Lipinski definition) is 1. The summed E-state index contributed by atoms with van der Waals surface area (Å²) >= 11 is 0. The van der Waals surface area contributed by atoms with Crippen molar-refractivity contribution in [2.24, 2.45) is 29.6 Å². The van der Waals surface area contributed by atoms with E-state index in [9.17, 15) is 4.79 Å².